The highest BCUT2D eigenvalue weighted by Gasteiger charge is 2.15. The summed E-state index contributed by atoms with van der Waals surface area (Å²) in [5.74, 6) is 0. The molecule has 0 saturated carbocycles. The number of rotatable bonds is 4. The van der Waals surface area contributed by atoms with Crippen molar-refractivity contribution in [3.8, 4) is 0 Å². The van der Waals surface area contributed by atoms with Crippen LogP contribution >= 0.6 is 0 Å². The third-order valence-electron chi connectivity index (χ3n) is 2.04. The highest BCUT2D eigenvalue weighted by atomic mass is 16.1. The summed E-state index contributed by atoms with van der Waals surface area (Å²) in [5.41, 5.74) is 2.46. The highest BCUT2D eigenvalue weighted by molar-refractivity contribution is 5.37. The normalized spacial score (nSPS) is 11.0. The summed E-state index contributed by atoms with van der Waals surface area (Å²) in [6, 6.07) is 0. The Morgan fingerprint density at radius 2 is 1.90 bits per heavy atom. The second-order valence-corrected chi connectivity index (χ2v) is 2.89. The van der Waals surface area contributed by atoms with E-state index in [0.717, 1.165) is 17.5 Å². The molecule has 0 aliphatic heterocycles. The maximum Gasteiger partial charge on any atom is 0.185 e. The Morgan fingerprint density at radius 1 is 1.30 bits per heavy atom. The molecule has 0 aliphatic rings. The van der Waals surface area contributed by atoms with Crippen molar-refractivity contribution in [3.63, 3.8) is 0 Å². The zero-order valence-electron chi connectivity index (χ0n) is 6.74. The van der Waals surface area contributed by atoms with Crippen LogP contribution in [0.5, 0.6) is 0 Å². The molecule has 0 radical (unpaired) electrons. The van der Waals surface area contributed by atoms with Crippen LogP contribution in [0, 0.1) is 6.92 Å². The van der Waals surface area contributed by atoms with Crippen LogP contribution in [-0.2, 0) is 6.42 Å². The van der Waals surface area contributed by atoms with Gasteiger partial charge in [0.05, 0.1) is 0 Å². The molecule has 0 unspecified atom stereocenters. The van der Waals surface area contributed by atoms with Gasteiger partial charge in [-0.15, -0.1) is 0 Å². The van der Waals surface area contributed by atoms with Crippen molar-refractivity contribution in [1.29, 1.82) is 0 Å². The maximum atomic E-state index is 10.7. The molecule has 10 heavy (non-hydrogen) atoms. The Bertz CT molecular complexity index is 216. The summed E-state index contributed by atoms with van der Waals surface area (Å²) in [5, 5.41) is 0. The summed E-state index contributed by atoms with van der Waals surface area (Å²) >= 11 is 0. The first-order valence-corrected chi connectivity index (χ1v) is 4.01. The van der Waals surface area contributed by atoms with E-state index in [2.05, 4.69) is 6.92 Å². The van der Waals surface area contributed by atoms with E-state index in [1.807, 2.05) is 6.92 Å². The predicted molar refractivity (Wildman–Crippen MR) is 43.1 cm³/mol. The first-order chi connectivity index (χ1) is 4.77. The number of hydrogen-bond donors (Lipinski definition) is 0. The van der Waals surface area contributed by atoms with Gasteiger partial charge >= 0.3 is 0 Å². The molecule has 0 aromatic heterocycles. The molecular formula is C9H14O. The quantitative estimate of drug-likeness (QED) is 0.581. The first kappa shape index (κ1) is 7.52. The summed E-state index contributed by atoms with van der Waals surface area (Å²) in [4.78, 5) is 10.7. The lowest BCUT2D eigenvalue weighted by molar-refractivity contribution is 0.721. The van der Waals surface area contributed by atoms with Crippen LogP contribution in [0.3, 0.4) is 0 Å². The van der Waals surface area contributed by atoms with Gasteiger partial charge in [-0.25, -0.2) is 0 Å². The molecule has 56 valence electrons. The van der Waals surface area contributed by atoms with Gasteiger partial charge in [0.25, 0.3) is 0 Å². The van der Waals surface area contributed by atoms with E-state index in [9.17, 15) is 4.79 Å². The van der Waals surface area contributed by atoms with E-state index >= 15 is 0 Å². The monoisotopic (exact) mass is 138 g/mol. The van der Waals surface area contributed by atoms with Crippen LogP contribution in [0.2, 0.25) is 0 Å². The molecule has 0 spiro atoms. The Hall–Kier alpha value is -0.590. The van der Waals surface area contributed by atoms with E-state index in [1.165, 1.54) is 19.3 Å². The topological polar surface area (TPSA) is 17.1 Å². The molecule has 0 heterocycles. The Kier molecular flexibility index (Phi) is 2.25. The summed E-state index contributed by atoms with van der Waals surface area (Å²) in [6.07, 6.45) is 4.71. The molecule has 0 fully saturated rings. The van der Waals surface area contributed by atoms with E-state index in [0.29, 0.717) is 5.43 Å². The lowest BCUT2D eigenvalue weighted by Crippen LogP contribution is -1.82. The standard InChI is InChI=1S/C9H14O/c1-3-4-5-6-8-7(2)9(8)10/h3-6H2,1-2H3. The molecule has 0 atom stereocenters. The fraction of sp³-hybridized carbons (Fsp3) is 0.667. The number of hydrogen-bond acceptors (Lipinski definition) is 1. The van der Waals surface area contributed by atoms with Crippen molar-refractivity contribution >= 4 is 0 Å². The van der Waals surface area contributed by atoms with Gasteiger partial charge in [-0.2, -0.15) is 0 Å². The third-order valence-corrected chi connectivity index (χ3v) is 2.04. The van der Waals surface area contributed by atoms with Gasteiger partial charge in [0.15, 0.2) is 5.43 Å². The minimum absolute atomic E-state index is 0.330. The van der Waals surface area contributed by atoms with Gasteiger partial charge in [-0.05, 0) is 19.8 Å². The van der Waals surface area contributed by atoms with Crippen LogP contribution in [-0.4, -0.2) is 0 Å². The van der Waals surface area contributed by atoms with E-state index in [4.69, 9.17) is 0 Å². The van der Waals surface area contributed by atoms with E-state index in [1.54, 1.807) is 0 Å². The van der Waals surface area contributed by atoms with Crippen molar-refractivity contribution in [2.45, 2.75) is 39.5 Å². The van der Waals surface area contributed by atoms with Gasteiger partial charge in [-0.1, -0.05) is 19.8 Å². The average molecular weight is 138 g/mol. The SMILES string of the molecule is CCCCCc1c(C)c1=O. The summed E-state index contributed by atoms with van der Waals surface area (Å²) in [7, 11) is 0. The van der Waals surface area contributed by atoms with Crippen LogP contribution in [0.25, 0.3) is 0 Å². The van der Waals surface area contributed by atoms with Gasteiger partial charge in [-0.3, -0.25) is 4.79 Å². The van der Waals surface area contributed by atoms with Crippen molar-refractivity contribution in [2.24, 2.45) is 0 Å². The minimum atomic E-state index is 0.330. The number of unbranched alkanes of at least 4 members (excludes halogenated alkanes) is 2. The molecule has 0 aliphatic carbocycles. The second-order valence-electron chi connectivity index (χ2n) is 2.89. The van der Waals surface area contributed by atoms with Gasteiger partial charge in [0.2, 0.25) is 0 Å². The average Bonchev–Trinajstić information content (AvgIpc) is 2.46. The highest BCUT2D eigenvalue weighted by Crippen LogP contribution is 2.10. The second kappa shape index (κ2) is 3.00. The van der Waals surface area contributed by atoms with Crippen molar-refractivity contribution < 1.29 is 0 Å². The van der Waals surface area contributed by atoms with Crippen molar-refractivity contribution in [3.05, 3.63) is 21.4 Å². The molecule has 0 saturated heterocycles. The van der Waals surface area contributed by atoms with Gasteiger partial charge < -0.3 is 0 Å². The maximum absolute atomic E-state index is 10.7. The van der Waals surface area contributed by atoms with Crippen molar-refractivity contribution in [2.75, 3.05) is 0 Å². The fourth-order valence-electron chi connectivity index (χ4n) is 1.16. The molecular weight excluding hydrogens is 124 g/mol. The smallest absolute Gasteiger partial charge is 0.185 e. The Morgan fingerprint density at radius 3 is 2.30 bits per heavy atom. The molecule has 0 amide bonds. The van der Waals surface area contributed by atoms with Crippen LogP contribution < -0.4 is 5.43 Å². The largest absolute Gasteiger partial charge is 0.289 e. The molecule has 1 aromatic carbocycles. The summed E-state index contributed by atoms with van der Waals surface area (Å²) < 4.78 is 0. The van der Waals surface area contributed by atoms with E-state index in [-0.39, 0.29) is 0 Å². The van der Waals surface area contributed by atoms with Crippen LogP contribution in [0.4, 0.5) is 0 Å². The lowest BCUT2D eigenvalue weighted by Gasteiger charge is -1.89. The Labute approximate surface area is 61.8 Å². The first-order valence-electron chi connectivity index (χ1n) is 4.01. The molecule has 1 aromatic rings. The van der Waals surface area contributed by atoms with Crippen LogP contribution in [0.1, 0.15) is 37.3 Å². The molecule has 1 nitrogen and oxygen atoms in total. The Balaban J connectivity index is 2.17. The molecule has 1 heteroatoms. The molecule has 0 bridgehead atoms. The van der Waals surface area contributed by atoms with Crippen LogP contribution in [0.15, 0.2) is 4.79 Å². The molecule has 1 rings (SSSR count). The lowest BCUT2D eigenvalue weighted by atomic mass is 10.2. The molecule has 0 N–H and O–H groups in total. The third kappa shape index (κ3) is 1.47. The predicted octanol–water partition coefficient (Wildman–Crippen LogP) is 1.96. The fourth-order valence-corrected chi connectivity index (χ4v) is 1.16. The minimum Gasteiger partial charge on any atom is -0.289 e. The summed E-state index contributed by atoms with van der Waals surface area (Å²) in [6.45, 7) is 4.10. The van der Waals surface area contributed by atoms with Crippen molar-refractivity contribution in [1.82, 2.24) is 0 Å². The van der Waals surface area contributed by atoms with Gasteiger partial charge in [0.1, 0.15) is 0 Å². The van der Waals surface area contributed by atoms with Gasteiger partial charge in [0, 0.05) is 11.1 Å². The zero-order valence-corrected chi connectivity index (χ0v) is 6.74. The van der Waals surface area contributed by atoms with E-state index < -0.39 is 0 Å². The zero-order chi connectivity index (χ0) is 7.56.